The van der Waals surface area contributed by atoms with E-state index in [2.05, 4.69) is 0 Å². The van der Waals surface area contributed by atoms with Crippen molar-refractivity contribution in [1.29, 1.82) is 0 Å². The number of halogens is 3. The Morgan fingerprint density at radius 2 is 1.80 bits per heavy atom. The van der Waals surface area contributed by atoms with Crippen molar-refractivity contribution in [2.45, 2.75) is 36.9 Å². The van der Waals surface area contributed by atoms with Crippen LogP contribution in [0.15, 0.2) is 0 Å². The van der Waals surface area contributed by atoms with Gasteiger partial charge in [0.15, 0.2) is 0 Å². The zero-order valence-electron chi connectivity index (χ0n) is 5.45. The predicted octanol–water partition coefficient (Wildman–Crippen LogP) is 3.45. The van der Waals surface area contributed by atoms with Crippen molar-refractivity contribution in [1.82, 2.24) is 0 Å². The van der Waals surface area contributed by atoms with Crippen molar-refractivity contribution in [3.8, 4) is 0 Å². The van der Waals surface area contributed by atoms with Crippen molar-refractivity contribution in [3.63, 3.8) is 0 Å². The molecule has 0 aliphatic heterocycles. The monoisotopic (exact) mass is 186 g/mol. The van der Waals surface area contributed by atoms with Gasteiger partial charge in [0, 0.05) is 18.1 Å². The quantitative estimate of drug-likeness (QED) is 0.605. The average Bonchev–Trinajstić information content (AvgIpc) is 1.88. The summed E-state index contributed by atoms with van der Waals surface area (Å²) in [5.41, 5.74) is 0. The second-order valence-corrected chi connectivity index (χ2v) is 4.02. The Hall–Kier alpha value is 0.500. The highest BCUT2D eigenvalue weighted by atomic mass is 35.7. The standard InChI is InChI=1S/C6H9ClF2S/c7-10-5-1-3-6(8,9)4-2-5/h5H,1-4H2. The van der Waals surface area contributed by atoms with Crippen LogP contribution in [0.2, 0.25) is 0 Å². The minimum Gasteiger partial charge on any atom is -0.207 e. The molecule has 0 amide bonds. The average molecular weight is 187 g/mol. The predicted molar refractivity (Wildman–Crippen MR) is 40.6 cm³/mol. The van der Waals surface area contributed by atoms with Gasteiger partial charge in [0.2, 0.25) is 5.92 Å². The van der Waals surface area contributed by atoms with Crippen molar-refractivity contribution >= 4 is 21.7 Å². The fourth-order valence-electron chi connectivity index (χ4n) is 1.10. The number of alkyl halides is 2. The highest BCUT2D eigenvalue weighted by molar-refractivity contribution is 8.21. The molecule has 10 heavy (non-hydrogen) atoms. The molecule has 0 bridgehead atoms. The molecule has 1 aliphatic carbocycles. The highest BCUT2D eigenvalue weighted by Gasteiger charge is 2.34. The van der Waals surface area contributed by atoms with E-state index in [9.17, 15) is 8.78 Å². The Balaban J connectivity index is 2.31. The summed E-state index contributed by atoms with van der Waals surface area (Å²) in [6, 6.07) is 0. The number of rotatable bonds is 1. The molecule has 4 heteroatoms. The molecular formula is C6H9ClF2S. The van der Waals surface area contributed by atoms with E-state index in [0.717, 1.165) is 0 Å². The summed E-state index contributed by atoms with van der Waals surface area (Å²) in [6.07, 6.45) is 1.14. The van der Waals surface area contributed by atoms with Crippen molar-refractivity contribution < 1.29 is 8.78 Å². The van der Waals surface area contributed by atoms with E-state index in [1.165, 1.54) is 11.0 Å². The van der Waals surface area contributed by atoms with E-state index in [-0.39, 0.29) is 18.1 Å². The van der Waals surface area contributed by atoms with E-state index in [1.54, 1.807) is 0 Å². The maximum absolute atomic E-state index is 12.5. The number of hydrogen-bond donors (Lipinski definition) is 0. The van der Waals surface area contributed by atoms with Crippen LogP contribution in [0, 0.1) is 0 Å². The molecule has 0 aromatic rings. The molecule has 0 radical (unpaired) electrons. The third-order valence-corrected chi connectivity index (χ3v) is 3.27. The minimum atomic E-state index is -2.41. The molecule has 1 aliphatic rings. The molecule has 1 saturated carbocycles. The van der Waals surface area contributed by atoms with Crippen LogP contribution in [0.1, 0.15) is 25.7 Å². The molecule has 0 spiro atoms. The van der Waals surface area contributed by atoms with Crippen LogP contribution in [-0.4, -0.2) is 11.2 Å². The van der Waals surface area contributed by atoms with Gasteiger partial charge in [0.25, 0.3) is 0 Å². The van der Waals surface area contributed by atoms with Crippen LogP contribution in [0.3, 0.4) is 0 Å². The van der Waals surface area contributed by atoms with Gasteiger partial charge in [-0.25, -0.2) is 8.78 Å². The van der Waals surface area contributed by atoms with Crippen LogP contribution in [0.4, 0.5) is 8.78 Å². The van der Waals surface area contributed by atoms with Gasteiger partial charge < -0.3 is 0 Å². The Labute approximate surface area is 67.8 Å². The van der Waals surface area contributed by atoms with E-state index in [1.807, 2.05) is 0 Å². The van der Waals surface area contributed by atoms with Gasteiger partial charge in [-0.15, -0.1) is 0 Å². The topological polar surface area (TPSA) is 0 Å². The summed E-state index contributed by atoms with van der Waals surface area (Å²) in [5.74, 6) is -2.41. The molecule has 1 rings (SSSR count). The van der Waals surface area contributed by atoms with Crippen LogP contribution < -0.4 is 0 Å². The normalized spacial score (nSPS) is 26.7. The first-order valence-corrected chi connectivity index (χ1v) is 5.00. The summed E-state index contributed by atoms with van der Waals surface area (Å²) < 4.78 is 24.9. The van der Waals surface area contributed by atoms with Gasteiger partial charge in [-0.05, 0) is 23.5 Å². The third-order valence-electron chi connectivity index (χ3n) is 1.79. The number of hydrogen-bond acceptors (Lipinski definition) is 1. The van der Waals surface area contributed by atoms with Crippen LogP contribution in [0.25, 0.3) is 0 Å². The summed E-state index contributed by atoms with van der Waals surface area (Å²) in [5, 5.41) is 0.251. The van der Waals surface area contributed by atoms with E-state index >= 15 is 0 Å². The summed E-state index contributed by atoms with van der Waals surface area (Å²) in [7, 11) is 6.63. The van der Waals surface area contributed by atoms with E-state index in [4.69, 9.17) is 10.7 Å². The first-order chi connectivity index (χ1) is 4.64. The van der Waals surface area contributed by atoms with E-state index in [0.29, 0.717) is 12.8 Å². The van der Waals surface area contributed by atoms with Crippen molar-refractivity contribution in [2.75, 3.05) is 0 Å². The van der Waals surface area contributed by atoms with E-state index < -0.39 is 5.92 Å². The minimum absolute atomic E-state index is 0.0113. The summed E-state index contributed by atoms with van der Waals surface area (Å²) in [6.45, 7) is 0. The van der Waals surface area contributed by atoms with Gasteiger partial charge >= 0.3 is 0 Å². The Kier molecular flexibility index (Phi) is 2.81. The first-order valence-electron chi connectivity index (χ1n) is 3.29. The van der Waals surface area contributed by atoms with Crippen molar-refractivity contribution in [3.05, 3.63) is 0 Å². The maximum Gasteiger partial charge on any atom is 0.248 e. The second-order valence-electron chi connectivity index (χ2n) is 2.64. The molecule has 0 aromatic carbocycles. The first kappa shape index (κ1) is 8.60. The fourth-order valence-corrected chi connectivity index (χ4v) is 2.05. The SMILES string of the molecule is FC1(F)CCC(SCl)CC1. The zero-order valence-corrected chi connectivity index (χ0v) is 7.02. The van der Waals surface area contributed by atoms with Gasteiger partial charge in [0.1, 0.15) is 0 Å². The van der Waals surface area contributed by atoms with Gasteiger partial charge in [-0.2, -0.15) is 0 Å². The Morgan fingerprint density at radius 3 is 2.20 bits per heavy atom. The molecular weight excluding hydrogens is 178 g/mol. The van der Waals surface area contributed by atoms with Gasteiger partial charge in [-0.1, -0.05) is 11.0 Å². The highest BCUT2D eigenvalue weighted by Crippen LogP contribution is 2.38. The van der Waals surface area contributed by atoms with Crippen LogP contribution in [-0.2, 0) is 0 Å². The Morgan fingerprint density at radius 1 is 1.30 bits per heavy atom. The van der Waals surface area contributed by atoms with Crippen LogP contribution >= 0.6 is 21.7 Å². The van der Waals surface area contributed by atoms with Gasteiger partial charge in [-0.3, -0.25) is 0 Å². The largest absolute Gasteiger partial charge is 0.248 e. The third kappa shape index (κ3) is 2.27. The molecule has 0 nitrogen and oxygen atoms in total. The summed E-state index contributed by atoms with van der Waals surface area (Å²) in [4.78, 5) is 0. The lowest BCUT2D eigenvalue weighted by Gasteiger charge is -2.25. The smallest absolute Gasteiger partial charge is 0.207 e. The fraction of sp³-hybridized carbons (Fsp3) is 1.00. The second kappa shape index (κ2) is 3.26. The summed E-state index contributed by atoms with van der Waals surface area (Å²) >= 11 is 0. The Bertz CT molecular complexity index is 108. The lowest BCUT2D eigenvalue weighted by molar-refractivity contribution is -0.0323. The lowest BCUT2D eigenvalue weighted by atomic mass is 9.96. The molecule has 0 atom stereocenters. The molecule has 0 N–H and O–H groups in total. The zero-order chi connectivity index (χ0) is 7.61. The van der Waals surface area contributed by atoms with Gasteiger partial charge in [0.05, 0.1) is 0 Å². The molecule has 0 heterocycles. The maximum atomic E-state index is 12.5. The van der Waals surface area contributed by atoms with Crippen molar-refractivity contribution in [2.24, 2.45) is 0 Å². The molecule has 0 saturated heterocycles. The molecule has 0 aromatic heterocycles. The molecule has 60 valence electrons. The molecule has 1 fully saturated rings. The lowest BCUT2D eigenvalue weighted by Crippen LogP contribution is -2.25. The van der Waals surface area contributed by atoms with Crippen LogP contribution in [0.5, 0.6) is 0 Å². The molecule has 0 unspecified atom stereocenters.